The Morgan fingerprint density at radius 3 is 1.71 bits per heavy atom. The van der Waals surface area contributed by atoms with Crippen LogP contribution in [0.25, 0.3) is 21.5 Å². The molecule has 0 saturated carbocycles. The molecule has 0 aliphatic rings. The summed E-state index contributed by atoms with van der Waals surface area (Å²) in [5.74, 6) is 0.392. The van der Waals surface area contributed by atoms with E-state index in [1.54, 1.807) is 6.07 Å². The molecule has 0 heterocycles. The fourth-order valence-corrected chi connectivity index (χ4v) is 11.2. The van der Waals surface area contributed by atoms with E-state index in [0.717, 1.165) is 23.3 Å². The predicted octanol–water partition coefficient (Wildman–Crippen LogP) is 6.88. The molecule has 0 aromatic heterocycles. The van der Waals surface area contributed by atoms with E-state index >= 15 is 0 Å². The molecule has 0 aliphatic carbocycles. The second kappa shape index (κ2) is 9.85. The summed E-state index contributed by atoms with van der Waals surface area (Å²) >= 11 is -2.84. The van der Waals surface area contributed by atoms with Gasteiger partial charge in [0.15, 0.2) is 0 Å². The fraction of sp³-hybridized carbons (Fsp3) is 0.0714. The summed E-state index contributed by atoms with van der Waals surface area (Å²) in [6.07, 6.45) is 0. The van der Waals surface area contributed by atoms with Gasteiger partial charge in [0.1, 0.15) is 0 Å². The topological polar surface area (TPSA) is 61.8 Å². The molecule has 0 bridgehead atoms. The van der Waals surface area contributed by atoms with Crippen molar-refractivity contribution in [1.29, 1.82) is 0 Å². The number of methoxy groups -OCH3 is 2. The zero-order valence-electron chi connectivity index (χ0n) is 19.1. The van der Waals surface area contributed by atoms with Crippen molar-refractivity contribution < 1.29 is 20.4 Å². The molecule has 0 saturated heterocycles. The van der Waals surface area contributed by atoms with Gasteiger partial charge in [-0.25, -0.2) is 0 Å². The van der Waals surface area contributed by atoms with Crippen LogP contribution in [0.4, 0.5) is 0 Å². The SMILES string of the molecule is COc1cc2cc3ccccc3cc2c(OC)c1S(=O)(=O)OI(c1ccccc1)c1ccccc1. The molecule has 35 heavy (non-hydrogen) atoms. The van der Waals surface area contributed by atoms with Crippen LogP contribution in [-0.2, 0) is 12.6 Å². The molecular weight excluding hydrogens is 575 g/mol. The third-order valence-electron chi connectivity index (χ3n) is 5.56. The van der Waals surface area contributed by atoms with Crippen LogP contribution in [0.5, 0.6) is 11.5 Å². The van der Waals surface area contributed by atoms with E-state index in [2.05, 4.69) is 0 Å². The zero-order valence-corrected chi connectivity index (χ0v) is 22.1. The Labute approximate surface area is 212 Å². The average Bonchev–Trinajstić information content (AvgIpc) is 2.90. The van der Waals surface area contributed by atoms with Gasteiger partial charge in [0.25, 0.3) is 0 Å². The Balaban J connectivity index is 1.71. The van der Waals surface area contributed by atoms with Crippen LogP contribution >= 0.6 is 20.2 Å². The number of benzene rings is 5. The van der Waals surface area contributed by atoms with Crippen molar-refractivity contribution in [3.05, 3.63) is 110 Å². The van der Waals surface area contributed by atoms with Gasteiger partial charge in [0, 0.05) is 0 Å². The van der Waals surface area contributed by atoms with Crippen molar-refractivity contribution >= 4 is 51.9 Å². The standard InChI is InChI=1S/C28H23IO5S/c1-32-26-19-22-17-20-11-9-10-12-21(20)18-25(22)27(33-2)28(26)35(30,31)34-29(23-13-5-3-6-14-23)24-15-7-4-8-16-24/h3-19H,1-2H3. The Kier molecular flexibility index (Phi) is 6.64. The maximum atomic E-state index is 13.9. The van der Waals surface area contributed by atoms with Crippen LogP contribution in [0.15, 0.2) is 108 Å². The van der Waals surface area contributed by atoms with Crippen LogP contribution in [0, 0.1) is 7.14 Å². The molecule has 0 radical (unpaired) electrons. The molecule has 0 amide bonds. The van der Waals surface area contributed by atoms with Crippen molar-refractivity contribution in [3.63, 3.8) is 0 Å². The van der Waals surface area contributed by atoms with Crippen molar-refractivity contribution in [1.82, 2.24) is 0 Å². The van der Waals surface area contributed by atoms with E-state index in [4.69, 9.17) is 12.0 Å². The van der Waals surface area contributed by atoms with Crippen molar-refractivity contribution in [2.24, 2.45) is 0 Å². The molecule has 0 aliphatic heterocycles. The molecule has 5 nitrogen and oxygen atoms in total. The summed E-state index contributed by atoms with van der Waals surface area (Å²) in [5.41, 5.74) is 0. The van der Waals surface area contributed by atoms with E-state index in [1.807, 2.05) is 97.1 Å². The third kappa shape index (κ3) is 4.59. The fourth-order valence-electron chi connectivity index (χ4n) is 3.98. The van der Waals surface area contributed by atoms with Crippen molar-refractivity contribution in [3.8, 4) is 11.5 Å². The first-order valence-corrected chi connectivity index (χ1v) is 15.3. The zero-order chi connectivity index (χ0) is 24.4. The minimum absolute atomic E-state index is 0.0977. The number of halogens is 1. The quantitative estimate of drug-likeness (QED) is 0.151. The van der Waals surface area contributed by atoms with Crippen LogP contribution in [0.3, 0.4) is 0 Å². The molecule has 178 valence electrons. The Morgan fingerprint density at radius 1 is 0.629 bits per heavy atom. The van der Waals surface area contributed by atoms with E-state index in [1.165, 1.54) is 14.2 Å². The Hall–Kier alpha value is -3.14. The number of fused-ring (bicyclic) bond motifs is 2. The minimum atomic E-state index is -4.27. The molecular formula is C28H23IO5S. The van der Waals surface area contributed by atoms with Gasteiger partial charge in [-0.2, -0.15) is 0 Å². The van der Waals surface area contributed by atoms with Gasteiger partial charge in [-0.15, -0.1) is 0 Å². The van der Waals surface area contributed by atoms with Gasteiger partial charge < -0.3 is 0 Å². The molecule has 0 unspecified atom stereocenters. The van der Waals surface area contributed by atoms with Gasteiger partial charge in [-0.3, -0.25) is 0 Å². The number of hydrogen-bond acceptors (Lipinski definition) is 5. The molecule has 5 aromatic rings. The van der Waals surface area contributed by atoms with Gasteiger partial charge in [-0.05, 0) is 0 Å². The van der Waals surface area contributed by atoms with Gasteiger partial charge in [0.2, 0.25) is 0 Å². The first-order chi connectivity index (χ1) is 17.0. The molecule has 0 spiro atoms. The number of ether oxygens (including phenoxy) is 2. The van der Waals surface area contributed by atoms with E-state index in [-0.39, 0.29) is 16.4 Å². The Bertz CT molecular complexity index is 1560. The summed E-state index contributed by atoms with van der Waals surface area (Å²) in [7, 11) is -1.35. The normalized spacial score (nSPS) is 12.0. The van der Waals surface area contributed by atoms with Gasteiger partial charge in [-0.1, -0.05) is 0 Å². The second-order valence-corrected chi connectivity index (χ2v) is 14.2. The molecule has 7 heteroatoms. The van der Waals surface area contributed by atoms with Gasteiger partial charge >= 0.3 is 213 Å². The van der Waals surface area contributed by atoms with E-state index < -0.39 is 30.4 Å². The van der Waals surface area contributed by atoms with E-state index in [0.29, 0.717) is 5.39 Å². The first-order valence-electron chi connectivity index (χ1n) is 10.8. The predicted molar refractivity (Wildman–Crippen MR) is 147 cm³/mol. The third-order valence-corrected chi connectivity index (χ3v) is 12.9. The van der Waals surface area contributed by atoms with Crippen LogP contribution < -0.4 is 9.47 Å². The summed E-state index contributed by atoms with van der Waals surface area (Å²) in [5, 5.41) is 3.51. The van der Waals surface area contributed by atoms with Crippen molar-refractivity contribution in [2.45, 2.75) is 4.90 Å². The van der Waals surface area contributed by atoms with Crippen LogP contribution in [0.2, 0.25) is 0 Å². The number of rotatable bonds is 7. The Morgan fingerprint density at radius 2 is 1.17 bits per heavy atom. The average molecular weight is 598 g/mol. The van der Waals surface area contributed by atoms with Gasteiger partial charge in [0.05, 0.1) is 0 Å². The summed E-state index contributed by atoms with van der Waals surface area (Å²) in [6, 6.07) is 32.6. The van der Waals surface area contributed by atoms with E-state index in [9.17, 15) is 8.42 Å². The molecule has 5 rings (SSSR count). The monoisotopic (exact) mass is 598 g/mol. The summed E-state index contributed by atoms with van der Waals surface area (Å²) < 4.78 is 46.9. The van der Waals surface area contributed by atoms with Crippen LogP contribution in [-0.4, -0.2) is 22.6 Å². The number of hydrogen-bond donors (Lipinski definition) is 0. The molecule has 5 aromatic carbocycles. The second-order valence-electron chi connectivity index (χ2n) is 7.72. The van der Waals surface area contributed by atoms with Crippen molar-refractivity contribution in [2.75, 3.05) is 14.2 Å². The molecule has 0 atom stereocenters. The summed E-state index contributed by atoms with van der Waals surface area (Å²) in [4.78, 5) is -0.0977. The summed E-state index contributed by atoms with van der Waals surface area (Å²) in [6.45, 7) is 0. The first kappa shape index (κ1) is 23.6. The maximum absolute atomic E-state index is 13.9. The molecule has 0 fully saturated rings. The van der Waals surface area contributed by atoms with Crippen LogP contribution in [0.1, 0.15) is 0 Å². The molecule has 0 N–H and O–H groups in total.